The molecule has 0 heterocycles. The molecule has 0 saturated carbocycles. The predicted octanol–water partition coefficient (Wildman–Crippen LogP) is 6.46. The number of benzene rings is 2. The zero-order valence-electron chi connectivity index (χ0n) is 12.5. The molecule has 0 aliphatic rings. The minimum atomic E-state index is -5.01. The van der Waals surface area contributed by atoms with E-state index in [-0.39, 0.29) is 5.75 Å². The van der Waals surface area contributed by atoms with E-state index in [0.717, 1.165) is 11.1 Å². The fourth-order valence-corrected chi connectivity index (χ4v) is 4.26. The Morgan fingerprint density at radius 1 is 1.24 bits per heavy atom. The molecule has 3 nitrogen and oxygen atoms in total. The lowest BCUT2D eigenvalue weighted by Crippen LogP contribution is -2.01. The molecular formula is C15H12BrClF3O3PS. The van der Waals surface area contributed by atoms with Crippen LogP contribution in [0.3, 0.4) is 0 Å². The Balaban J connectivity index is 1.97. The van der Waals surface area contributed by atoms with Crippen molar-refractivity contribution in [2.45, 2.75) is 17.7 Å². The maximum atomic E-state index is 13.0. The Labute approximate surface area is 160 Å². The van der Waals surface area contributed by atoms with Crippen LogP contribution in [0, 0.1) is 5.82 Å². The molecule has 136 valence electrons. The largest absolute Gasteiger partial charge is 0.442 e. The lowest BCUT2D eigenvalue weighted by atomic mass is 10.2. The van der Waals surface area contributed by atoms with Gasteiger partial charge in [0.25, 0.3) is 0 Å². The molecule has 0 saturated heterocycles. The van der Waals surface area contributed by atoms with Gasteiger partial charge in [-0.2, -0.15) is 20.5 Å². The number of halogens is 5. The van der Waals surface area contributed by atoms with Crippen molar-refractivity contribution in [3.8, 4) is 5.75 Å². The van der Waals surface area contributed by atoms with Crippen LogP contribution >= 0.6 is 46.9 Å². The van der Waals surface area contributed by atoms with E-state index in [4.69, 9.17) is 16.5 Å². The molecule has 0 fully saturated rings. The molecule has 2 rings (SSSR count). The van der Waals surface area contributed by atoms with Gasteiger partial charge in [0.2, 0.25) is 0 Å². The number of rotatable bonds is 7. The van der Waals surface area contributed by atoms with Crippen molar-refractivity contribution in [2.24, 2.45) is 0 Å². The molecule has 10 heteroatoms. The van der Waals surface area contributed by atoms with Crippen LogP contribution in [0.1, 0.15) is 11.1 Å². The van der Waals surface area contributed by atoms with Crippen molar-refractivity contribution in [3.05, 3.63) is 62.8 Å². The summed E-state index contributed by atoms with van der Waals surface area (Å²) in [5.41, 5.74) is 1.64. The van der Waals surface area contributed by atoms with E-state index in [9.17, 15) is 17.7 Å². The van der Waals surface area contributed by atoms with Gasteiger partial charge in [0.05, 0.1) is 4.47 Å². The van der Waals surface area contributed by atoms with Crippen LogP contribution in [0.5, 0.6) is 5.75 Å². The van der Waals surface area contributed by atoms with Gasteiger partial charge in [0.1, 0.15) is 11.6 Å². The highest BCUT2D eigenvalue weighted by Crippen LogP contribution is 2.50. The monoisotopic (exact) mass is 474 g/mol. The molecule has 0 bridgehead atoms. The Morgan fingerprint density at radius 3 is 2.56 bits per heavy atom. The topological polar surface area (TPSA) is 46.5 Å². The first-order valence-corrected chi connectivity index (χ1v) is 10.8. The van der Waals surface area contributed by atoms with Gasteiger partial charge in [-0.25, -0.2) is 8.96 Å². The van der Waals surface area contributed by atoms with Crippen LogP contribution in [0.25, 0.3) is 0 Å². The number of thioether (sulfide) groups is 1. The van der Waals surface area contributed by atoms with Gasteiger partial charge in [0.15, 0.2) is 0 Å². The average molecular weight is 476 g/mol. The molecule has 2 aromatic rings. The van der Waals surface area contributed by atoms with Crippen LogP contribution in [0.4, 0.5) is 13.2 Å². The molecule has 1 N–H and O–H groups in total. The fourth-order valence-electron chi connectivity index (χ4n) is 1.81. The van der Waals surface area contributed by atoms with Gasteiger partial charge in [-0.15, -0.1) is 0 Å². The third-order valence-corrected chi connectivity index (χ3v) is 5.99. The Morgan fingerprint density at radius 2 is 1.96 bits per heavy atom. The summed E-state index contributed by atoms with van der Waals surface area (Å²) in [6.07, 6.45) is -3.48. The van der Waals surface area contributed by atoms with Gasteiger partial charge in [-0.1, -0.05) is 23.7 Å². The normalized spacial score (nSPS) is 13.7. The number of hydrogen-bond donors (Lipinski definition) is 1. The maximum absolute atomic E-state index is 13.0. The maximum Gasteiger partial charge on any atom is 0.442 e. The van der Waals surface area contributed by atoms with Crippen LogP contribution < -0.4 is 4.52 Å². The first-order chi connectivity index (χ1) is 11.7. The first-order valence-electron chi connectivity index (χ1n) is 6.79. The Hall–Kier alpha value is -0.660. The van der Waals surface area contributed by atoms with Crippen molar-refractivity contribution >= 4 is 46.9 Å². The second-order valence-corrected chi connectivity index (χ2v) is 8.87. The minimum Gasteiger partial charge on any atom is -0.420 e. The summed E-state index contributed by atoms with van der Waals surface area (Å²) < 4.78 is 53.8. The minimum absolute atomic E-state index is 0.138. The highest BCUT2D eigenvalue weighted by molar-refractivity contribution is 9.10. The summed E-state index contributed by atoms with van der Waals surface area (Å²) in [6.45, 7) is 0. The van der Waals surface area contributed by atoms with Crippen molar-refractivity contribution in [3.63, 3.8) is 0 Å². The molecular weight excluding hydrogens is 464 g/mol. The molecule has 0 radical (unpaired) electrons. The van der Waals surface area contributed by atoms with E-state index in [2.05, 4.69) is 20.5 Å². The molecule has 25 heavy (non-hydrogen) atoms. The second-order valence-electron chi connectivity index (χ2n) is 4.93. The van der Waals surface area contributed by atoms with Crippen LogP contribution in [-0.4, -0.2) is 11.1 Å². The second kappa shape index (κ2) is 8.82. The molecule has 0 aliphatic carbocycles. The molecule has 0 spiro atoms. The zero-order chi connectivity index (χ0) is 18.6. The highest BCUT2D eigenvalue weighted by Gasteiger charge is 2.34. The SMILES string of the molecule is O=P(O)(Oc1ccc(CSCc2ccc(F)cc2Cl)cc1Br)C(F)F. The molecule has 1 atom stereocenters. The van der Waals surface area contributed by atoms with E-state index in [1.54, 1.807) is 18.2 Å². The highest BCUT2D eigenvalue weighted by atomic mass is 79.9. The van der Waals surface area contributed by atoms with E-state index in [1.165, 1.54) is 30.0 Å². The molecule has 0 aliphatic heterocycles. The molecule has 2 aromatic carbocycles. The van der Waals surface area contributed by atoms with Gasteiger partial charge >= 0.3 is 13.8 Å². The van der Waals surface area contributed by atoms with E-state index in [0.29, 0.717) is 21.0 Å². The summed E-state index contributed by atoms with van der Waals surface area (Å²) in [4.78, 5) is 9.07. The van der Waals surface area contributed by atoms with Gasteiger partial charge in [-0.3, -0.25) is 0 Å². The first kappa shape index (κ1) is 20.6. The van der Waals surface area contributed by atoms with E-state index >= 15 is 0 Å². The zero-order valence-corrected chi connectivity index (χ0v) is 16.5. The van der Waals surface area contributed by atoms with Crippen molar-refractivity contribution in [1.82, 2.24) is 0 Å². The van der Waals surface area contributed by atoms with Crippen LogP contribution in [0.15, 0.2) is 40.9 Å². The smallest absolute Gasteiger partial charge is 0.420 e. The summed E-state index contributed by atoms with van der Waals surface area (Å²) in [5, 5.41) is 0.350. The summed E-state index contributed by atoms with van der Waals surface area (Å²) in [6, 6.07) is 8.75. The fraction of sp³-hybridized carbons (Fsp3) is 0.200. The van der Waals surface area contributed by atoms with Gasteiger partial charge in [0, 0.05) is 16.5 Å². The van der Waals surface area contributed by atoms with Crippen molar-refractivity contribution in [2.75, 3.05) is 0 Å². The third-order valence-electron chi connectivity index (χ3n) is 3.01. The lowest BCUT2D eigenvalue weighted by Gasteiger charge is -2.14. The molecule has 1 unspecified atom stereocenters. The Bertz CT molecular complexity index is 810. The van der Waals surface area contributed by atoms with Crippen molar-refractivity contribution in [1.29, 1.82) is 0 Å². The molecule has 0 aromatic heterocycles. The summed E-state index contributed by atoms with van der Waals surface area (Å²) >= 11 is 10.6. The quantitative estimate of drug-likeness (QED) is 0.467. The third kappa shape index (κ3) is 5.93. The van der Waals surface area contributed by atoms with Crippen LogP contribution in [0.2, 0.25) is 5.02 Å². The van der Waals surface area contributed by atoms with Gasteiger partial charge in [-0.05, 0) is 51.3 Å². The van der Waals surface area contributed by atoms with Crippen molar-refractivity contribution < 1.29 is 27.2 Å². The summed E-state index contributed by atoms with van der Waals surface area (Å²) in [5.74, 6) is 0.592. The summed E-state index contributed by atoms with van der Waals surface area (Å²) in [7, 11) is -5.01. The van der Waals surface area contributed by atoms with Crippen LogP contribution in [-0.2, 0) is 16.1 Å². The van der Waals surface area contributed by atoms with E-state index in [1.807, 2.05) is 0 Å². The number of alkyl halides is 2. The van der Waals surface area contributed by atoms with Gasteiger partial charge < -0.3 is 9.42 Å². The molecule has 0 amide bonds. The predicted molar refractivity (Wildman–Crippen MR) is 97.0 cm³/mol. The number of hydrogen-bond acceptors (Lipinski definition) is 3. The lowest BCUT2D eigenvalue weighted by molar-refractivity contribution is 0.188. The van der Waals surface area contributed by atoms with E-state index < -0.39 is 19.6 Å². The average Bonchev–Trinajstić information content (AvgIpc) is 2.52. The Kier molecular flexibility index (Phi) is 7.29. The standard InChI is InChI=1S/C15H12BrClF3O3PS/c16-12-5-9(1-4-14(12)23-24(21,22)15(19)20)7-25-8-10-2-3-11(18)6-13(10)17/h1-6,15H,7-8H2,(H,21,22).